The average molecular weight is 453 g/mol. The molecule has 1 heterocycles. The predicted molar refractivity (Wildman–Crippen MR) is 127 cm³/mol. The maximum absolute atomic E-state index is 13.2. The molecule has 0 radical (unpaired) electrons. The van der Waals surface area contributed by atoms with Crippen LogP contribution in [0.25, 0.3) is 5.76 Å². The van der Waals surface area contributed by atoms with Gasteiger partial charge >= 0.3 is 0 Å². The number of phenolic OH excluding ortho intramolecular Hbond substituents is 1. The Balaban J connectivity index is 2.16. The molecule has 7 heteroatoms. The van der Waals surface area contributed by atoms with Gasteiger partial charge in [0.2, 0.25) is 0 Å². The number of hydrogen-bond donors (Lipinski definition) is 2. The van der Waals surface area contributed by atoms with Crippen molar-refractivity contribution < 1.29 is 24.5 Å². The number of aryl methyl sites for hydroxylation is 2. The number of Topliss-reactive ketones (excluding diaryl/α,β-unsaturated/α-hetero) is 1. The van der Waals surface area contributed by atoms with E-state index in [1.165, 1.54) is 17.0 Å². The number of ketones is 1. The highest BCUT2D eigenvalue weighted by molar-refractivity contribution is 6.46. The third-order valence-electron chi connectivity index (χ3n) is 6.27. The van der Waals surface area contributed by atoms with Gasteiger partial charge < -0.3 is 24.7 Å². The van der Waals surface area contributed by atoms with Crippen molar-refractivity contribution in [3.8, 4) is 11.5 Å². The van der Waals surface area contributed by atoms with Gasteiger partial charge in [-0.1, -0.05) is 26.0 Å². The molecule has 0 aromatic heterocycles. The van der Waals surface area contributed by atoms with Gasteiger partial charge in [-0.2, -0.15) is 0 Å². The number of amides is 1. The van der Waals surface area contributed by atoms with E-state index in [2.05, 4.69) is 4.90 Å². The second-order valence-corrected chi connectivity index (χ2v) is 8.25. The second-order valence-electron chi connectivity index (χ2n) is 8.25. The molecule has 1 atom stereocenters. The molecule has 1 aliphatic heterocycles. The van der Waals surface area contributed by atoms with Gasteiger partial charge in [0, 0.05) is 18.7 Å². The first-order valence-electron chi connectivity index (χ1n) is 11.2. The number of ether oxygens (including phenoxy) is 1. The molecule has 176 valence electrons. The molecule has 2 aromatic carbocycles. The first kappa shape index (κ1) is 24.3. The average Bonchev–Trinajstić information content (AvgIpc) is 3.05. The van der Waals surface area contributed by atoms with Crippen molar-refractivity contribution in [3.63, 3.8) is 0 Å². The van der Waals surface area contributed by atoms with Crippen LogP contribution in [0, 0.1) is 13.8 Å². The Bertz CT molecular complexity index is 1090. The van der Waals surface area contributed by atoms with E-state index in [4.69, 9.17) is 4.74 Å². The van der Waals surface area contributed by atoms with Crippen molar-refractivity contribution in [3.05, 3.63) is 64.2 Å². The lowest BCUT2D eigenvalue weighted by molar-refractivity contribution is -0.140. The van der Waals surface area contributed by atoms with Crippen LogP contribution in [0.3, 0.4) is 0 Å². The second kappa shape index (κ2) is 10.1. The highest BCUT2D eigenvalue weighted by Crippen LogP contribution is 2.41. The minimum absolute atomic E-state index is 0.0258. The van der Waals surface area contributed by atoms with E-state index in [1.807, 2.05) is 27.7 Å². The smallest absolute Gasteiger partial charge is 0.295 e. The Hall–Kier alpha value is -3.32. The summed E-state index contributed by atoms with van der Waals surface area (Å²) in [6, 6.07) is 9.23. The number of aromatic hydroxyl groups is 1. The summed E-state index contributed by atoms with van der Waals surface area (Å²) in [5, 5.41) is 21.4. The Morgan fingerprint density at radius 1 is 1.09 bits per heavy atom. The van der Waals surface area contributed by atoms with E-state index in [9.17, 15) is 19.8 Å². The number of aliphatic hydroxyl groups excluding tert-OH is 1. The largest absolute Gasteiger partial charge is 0.508 e. The maximum Gasteiger partial charge on any atom is 0.295 e. The zero-order chi connectivity index (χ0) is 24.3. The Labute approximate surface area is 194 Å². The molecule has 7 nitrogen and oxygen atoms in total. The van der Waals surface area contributed by atoms with Crippen LogP contribution in [-0.4, -0.2) is 65.0 Å². The highest BCUT2D eigenvalue weighted by atomic mass is 16.5. The van der Waals surface area contributed by atoms with Gasteiger partial charge in [0.25, 0.3) is 11.7 Å². The van der Waals surface area contributed by atoms with Crippen LogP contribution >= 0.6 is 0 Å². The van der Waals surface area contributed by atoms with E-state index in [1.54, 1.807) is 31.4 Å². The van der Waals surface area contributed by atoms with Gasteiger partial charge in [-0.15, -0.1) is 0 Å². The van der Waals surface area contributed by atoms with Crippen molar-refractivity contribution in [2.75, 3.05) is 33.3 Å². The number of hydrogen-bond acceptors (Lipinski definition) is 6. The Kier molecular flexibility index (Phi) is 7.43. The number of nitrogens with zero attached hydrogens (tertiary/aromatic N) is 2. The van der Waals surface area contributed by atoms with Crippen molar-refractivity contribution in [1.29, 1.82) is 0 Å². The first-order chi connectivity index (χ1) is 15.7. The standard InChI is InChI=1S/C26H32N2O5/c1-6-27(7-2)11-12-28-23(18-9-8-10-19(29)15-18)22(25(31)26(28)32)24(30)20-13-17(4)21(33-5)14-16(20)3/h8-10,13-15,23,29-30H,6-7,11-12H2,1-5H3/b24-22+. The van der Waals surface area contributed by atoms with Crippen LogP contribution in [0.4, 0.5) is 0 Å². The normalized spacial score (nSPS) is 17.8. The number of likely N-dealkylation sites (tertiary alicyclic amines) is 1. The summed E-state index contributed by atoms with van der Waals surface area (Å²) in [7, 11) is 1.57. The molecule has 1 amide bonds. The van der Waals surface area contributed by atoms with Gasteiger partial charge in [0.05, 0.1) is 18.7 Å². The third-order valence-corrected chi connectivity index (χ3v) is 6.27. The van der Waals surface area contributed by atoms with E-state index in [0.29, 0.717) is 30.0 Å². The molecular weight excluding hydrogens is 420 g/mol. The number of aliphatic hydroxyl groups is 1. The fourth-order valence-corrected chi connectivity index (χ4v) is 4.35. The fraction of sp³-hybridized carbons (Fsp3) is 0.385. The van der Waals surface area contributed by atoms with Gasteiger partial charge in [-0.05, 0) is 67.9 Å². The molecular formula is C26H32N2O5. The van der Waals surface area contributed by atoms with E-state index in [-0.39, 0.29) is 17.1 Å². The predicted octanol–water partition coefficient (Wildman–Crippen LogP) is 3.78. The highest BCUT2D eigenvalue weighted by Gasteiger charge is 2.46. The zero-order valence-electron chi connectivity index (χ0n) is 19.9. The zero-order valence-corrected chi connectivity index (χ0v) is 19.9. The lowest BCUT2D eigenvalue weighted by atomic mass is 9.93. The molecule has 1 saturated heterocycles. The van der Waals surface area contributed by atoms with Gasteiger partial charge in [0.1, 0.15) is 17.3 Å². The summed E-state index contributed by atoms with van der Waals surface area (Å²) in [4.78, 5) is 29.9. The summed E-state index contributed by atoms with van der Waals surface area (Å²) in [6.45, 7) is 10.3. The van der Waals surface area contributed by atoms with Crippen LogP contribution < -0.4 is 4.74 Å². The number of phenols is 1. The Morgan fingerprint density at radius 2 is 1.79 bits per heavy atom. The molecule has 3 rings (SSSR count). The number of likely N-dealkylation sites (N-methyl/N-ethyl adjacent to an activating group) is 1. The first-order valence-corrected chi connectivity index (χ1v) is 11.2. The molecule has 2 N–H and O–H groups in total. The number of methoxy groups -OCH3 is 1. The van der Waals surface area contributed by atoms with Crippen LogP contribution in [0.1, 0.15) is 42.1 Å². The molecule has 1 unspecified atom stereocenters. The minimum atomic E-state index is -0.797. The molecule has 33 heavy (non-hydrogen) atoms. The fourth-order valence-electron chi connectivity index (χ4n) is 4.35. The molecule has 2 aromatic rings. The third kappa shape index (κ3) is 4.73. The molecule has 0 spiro atoms. The van der Waals surface area contributed by atoms with Crippen molar-refractivity contribution in [2.45, 2.75) is 33.7 Å². The number of benzene rings is 2. The summed E-state index contributed by atoms with van der Waals surface area (Å²) in [5.74, 6) is -0.907. The van der Waals surface area contributed by atoms with E-state index in [0.717, 1.165) is 24.2 Å². The van der Waals surface area contributed by atoms with Crippen molar-refractivity contribution in [1.82, 2.24) is 9.80 Å². The van der Waals surface area contributed by atoms with Crippen LogP contribution in [0.15, 0.2) is 42.0 Å². The molecule has 0 aliphatic carbocycles. The molecule has 0 bridgehead atoms. The lowest BCUT2D eigenvalue weighted by Gasteiger charge is -2.28. The van der Waals surface area contributed by atoms with Crippen LogP contribution in [-0.2, 0) is 9.59 Å². The number of carbonyl (C=O) groups is 2. The van der Waals surface area contributed by atoms with Gasteiger partial charge in [0.15, 0.2) is 0 Å². The number of rotatable bonds is 8. The maximum atomic E-state index is 13.2. The molecule has 1 fully saturated rings. The van der Waals surface area contributed by atoms with E-state index >= 15 is 0 Å². The summed E-state index contributed by atoms with van der Waals surface area (Å²) < 4.78 is 5.36. The lowest BCUT2D eigenvalue weighted by Crippen LogP contribution is -2.38. The number of carbonyl (C=O) groups excluding carboxylic acids is 2. The quantitative estimate of drug-likeness (QED) is 0.360. The monoisotopic (exact) mass is 452 g/mol. The summed E-state index contributed by atoms with van der Waals surface area (Å²) in [6.07, 6.45) is 0. The topological polar surface area (TPSA) is 90.3 Å². The molecule has 0 saturated carbocycles. The SMILES string of the molecule is CCN(CC)CCN1C(=O)C(=O)/C(=C(/O)c2cc(C)c(OC)cc2C)C1c1cccc(O)c1. The van der Waals surface area contributed by atoms with Gasteiger partial charge in [-0.25, -0.2) is 0 Å². The minimum Gasteiger partial charge on any atom is -0.508 e. The van der Waals surface area contributed by atoms with Gasteiger partial charge in [-0.3, -0.25) is 9.59 Å². The summed E-state index contributed by atoms with van der Waals surface area (Å²) in [5.41, 5.74) is 2.59. The van der Waals surface area contributed by atoms with Crippen LogP contribution in [0.2, 0.25) is 0 Å². The van der Waals surface area contributed by atoms with E-state index < -0.39 is 17.7 Å². The van der Waals surface area contributed by atoms with Crippen LogP contribution in [0.5, 0.6) is 11.5 Å². The Morgan fingerprint density at radius 3 is 2.39 bits per heavy atom. The summed E-state index contributed by atoms with van der Waals surface area (Å²) >= 11 is 0. The van der Waals surface area contributed by atoms with Crippen molar-refractivity contribution >= 4 is 17.4 Å². The molecule has 1 aliphatic rings. The van der Waals surface area contributed by atoms with Crippen molar-refractivity contribution in [2.24, 2.45) is 0 Å².